The molecule has 0 fully saturated rings. The molecule has 4 heteroatoms. The van der Waals surface area contributed by atoms with Crippen LogP contribution in [-0.4, -0.2) is 11.0 Å². The molecule has 0 aliphatic rings. The Kier molecular flexibility index (Phi) is 3.89. The lowest BCUT2D eigenvalue weighted by Crippen LogP contribution is -2.26. The number of nitrogen functional groups attached to an aromatic ring is 1. The summed E-state index contributed by atoms with van der Waals surface area (Å²) in [4.78, 5) is 4.02. The molecule has 3 nitrogen and oxygen atoms in total. The Morgan fingerprint density at radius 1 is 1.22 bits per heavy atom. The second-order valence-corrected chi connectivity index (χ2v) is 4.37. The van der Waals surface area contributed by atoms with Crippen molar-refractivity contribution in [3.05, 3.63) is 59.7 Å². The van der Waals surface area contributed by atoms with Crippen molar-refractivity contribution in [1.29, 1.82) is 0 Å². The number of halogens is 1. The molecule has 0 saturated heterocycles. The van der Waals surface area contributed by atoms with Crippen LogP contribution in [0.5, 0.6) is 0 Å². The number of nitrogens with two attached hydrogens (primary N) is 2. The summed E-state index contributed by atoms with van der Waals surface area (Å²) < 4.78 is 13.0. The van der Waals surface area contributed by atoms with Crippen LogP contribution in [0.2, 0.25) is 0 Å². The molecule has 0 radical (unpaired) electrons. The van der Waals surface area contributed by atoms with Gasteiger partial charge in [0.2, 0.25) is 0 Å². The summed E-state index contributed by atoms with van der Waals surface area (Å²) >= 11 is 0. The number of hydrogen-bond donors (Lipinski definition) is 2. The standard InChI is InChI=1S/C14H16FN3/c15-12-3-1-2-10(6-12)7-13(16)8-11-9-18-5-4-14(11)17/h1-6,9,13H,7-8,16H2,(H2,17,18). The summed E-state index contributed by atoms with van der Waals surface area (Å²) in [7, 11) is 0. The Morgan fingerprint density at radius 2 is 2.06 bits per heavy atom. The average molecular weight is 245 g/mol. The molecule has 1 aromatic heterocycles. The van der Waals surface area contributed by atoms with Gasteiger partial charge in [-0.2, -0.15) is 0 Å². The molecule has 4 N–H and O–H groups in total. The molecule has 1 unspecified atom stereocenters. The predicted octanol–water partition coefficient (Wildman–Crippen LogP) is 1.92. The number of anilines is 1. The van der Waals surface area contributed by atoms with Crippen molar-refractivity contribution in [2.45, 2.75) is 18.9 Å². The Labute approximate surface area is 106 Å². The lowest BCUT2D eigenvalue weighted by Gasteiger charge is -2.13. The van der Waals surface area contributed by atoms with Crippen molar-refractivity contribution in [1.82, 2.24) is 4.98 Å². The van der Waals surface area contributed by atoms with Gasteiger partial charge in [-0.3, -0.25) is 4.98 Å². The van der Waals surface area contributed by atoms with Crippen molar-refractivity contribution < 1.29 is 4.39 Å². The van der Waals surface area contributed by atoms with Gasteiger partial charge >= 0.3 is 0 Å². The van der Waals surface area contributed by atoms with Crippen LogP contribution < -0.4 is 11.5 Å². The van der Waals surface area contributed by atoms with E-state index in [0.29, 0.717) is 18.5 Å². The molecule has 94 valence electrons. The quantitative estimate of drug-likeness (QED) is 0.864. The molecule has 0 saturated carbocycles. The Bertz CT molecular complexity index is 528. The van der Waals surface area contributed by atoms with E-state index in [-0.39, 0.29) is 11.9 Å². The first-order chi connectivity index (χ1) is 8.65. The minimum Gasteiger partial charge on any atom is -0.398 e. The van der Waals surface area contributed by atoms with Crippen LogP contribution in [0.25, 0.3) is 0 Å². The molecule has 1 aromatic carbocycles. The number of hydrogen-bond acceptors (Lipinski definition) is 3. The molecular weight excluding hydrogens is 229 g/mol. The highest BCUT2D eigenvalue weighted by Gasteiger charge is 2.08. The highest BCUT2D eigenvalue weighted by Crippen LogP contribution is 2.13. The topological polar surface area (TPSA) is 64.9 Å². The van der Waals surface area contributed by atoms with Gasteiger partial charge in [0.1, 0.15) is 5.82 Å². The van der Waals surface area contributed by atoms with Gasteiger partial charge in [-0.05, 0) is 42.2 Å². The molecule has 0 bridgehead atoms. The van der Waals surface area contributed by atoms with E-state index in [9.17, 15) is 4.39 Å². The maximum Gasteiger partial charge on any atom is 0.123 e. The van der Waals surface area contributed by atoms with Gasteiger partial charge in [0.25, 0.3) is 0 Å². The van der Waals surface area contributed by atoms with Crippen molar-refractivity contribution in [2.24, 2.45) is 5.73 Å². The van der Waals surface area contributed by atoms with Gasteiger partial charge in [0, 0.05) is 24.1 Å². The summed E-state index contributed by atoms with van der Waals surface area (Å²) in [5, 5.41) is 0. The average Bonchev–Trinajstić information content (AvgIpc) is 2.32. The Hall–Kier alpha value is -1.94. The summed E-state index contributed by atoms with van der Waals surface area (Å²) in [6.07, 6.45) is 4.62. The third kappa shape index (κ3) is 3.28. The number of aromatic nitrogens is 1. The lowest BCUT2D eigenvalue weighted by molar-refractivity contribution is 0.618. The third-order valence-electron chi connectivity index (χ3n) is 2.81. The number of benzene rings is 1. The molecule has 2 rings (SSSR count). The number of rotatable bonds is 4. The third-order valence-corrected chi connectivity index (χ3v) is 2.81. The SMILES string of the molecule is Nc1ccncc1CC(N)Cc1cccc(F)c1. The minimum absolute atomic E-state index is 0.0988. The maximum atomic E-state index is 13.0. The van der Waals surface area contributed by atoms with Crippen molar-refractivity contribution in [3.8, 4) is 0 Å². The van der Waals surface area contributed by atoms with Gasteiger partial charge in [-0.1, -0.05) is 12.1 Å². The minimum atomic E-state index is -0.236. The molecule has 1 atom stereocenters. The fraction of sp³-hybridized carbons (Fsp3) is 0.214. The molecular formula is C14H16FN3. The smallest absolute Gasteiger partial charge is 0.123 e. The van der Waals surface area contributed by atoms with Crippen LogP contribution in [0.4, 0.5) is 10.1 Å². The van der Waals surface area contributed by atoms with Crippen LogP contribution in [0, 0.1) is 5.82 Å². The van der Waals surface area contributed by atoms with Crippen molar-refractivity contribution in [2.75, 3.05) is 5.73 Å². The fourth-order valence-corrected chi connectivity index (χ4v) is 1.93. The Morgan fingerprint density at radius 3 is 2.78 bits per heavy atom. The normalized spacial score (nSPS) is 12.3. The Balaban J connectivity index is 2.01. The van der Waals surface area contributed by atoms with E-state index >= 15 is 0 Å². The zero-order valence-corrected chi connectivity index (χ0v) is 10.0. The summed E-state index contributed by atoms with van der Waals surface area (Å²) in [5.74, 6) is -0.236. The molecule has 0 aliphatic heterocycles. The first kappa shape index (κ1) is 12.5. The second kappa shape index (κ2) is 5.60. The number of pyridine rings is 1. The molecule has 2 aromatic rings. The van der Waals surface area contributed by atoms with E-state index in [1.165, 1.54) is 12.1 Å². The van der Waals surface area contributed by atoms with Crippen LogP contribution in [-0.2, 0) is 12.8 Å². The zero-order chi connectivity index (χ0) is 13.0. The largest absolute Gasteiger partial charge is 0.398 e. The number of nitrogens with zero attached hydrogens (tertiary/aromatic N) is 1. The predicted molar refractivity (Wildman–Crippen MR) is 70.4 cm³/mol. The fourth-order valence-electron chi connectivity index (χ4n) is 1.93. The lowest BCUT2D eigenvalue weighted by atomic mass is 10.00. The summed E-state index contributed by atoms with van der Waals surface area (Å²) in [6, 6.07) is 8.15. The van der Waals surface area contributed by atoms with Gasteiger partial charge < -0.3 is 11.5 Å². The van der Waals surface area contributed by atoms with Gasteiger partial charge in [-0.25, -0.2) is 4.39 Å². The molecule has 0 amide bonds. The summed E-state index contributed by atoms with van der Waals surface area (Å²) in [6.45, 7) is 0. The molecule has 1 heterocycles. The van der Waals surface area contributed by atoms with E-state index < -0.39 is 0 Å². The zero-order valence-electron chi connectivity index (χ0n) is 10.0. The van der Waals surface area contributed by atoms with E-state index in [1.807, 2.05) is 6.07 Å². The molecule has 0 aliphatic carbocycles. The summed E-state index contributed by atoms with van der Waals surface area (Å²) in [5.41, 5.74) is 14.4. The monoisotopic (exact) mass is 245 g/mol. The van der Waals surface area contributed by atoms with Crippen LogP contribution in [0.1, 0.15) is 11.1 Å². The van der Waals surface area contributed by atoms with E-state index in [1.54, 1.807) is 24.5 Å². The highest BCUT2D eigenvalue weighted by molar-refractivity contribution is 5.44. The molecule has 0 spiro atoms. The van der Waals surface area contributed by atoms with Crippen LogP contribution >= 0.6 is 0 Å². The van der Waals surface area contributed by atoms with Gasteiger partial charge in [0.15, 0.2) is 0 Å². The van der Waals surface area contributed by atoms with Crippen LogP contribution in [0.3, 0.4) is 0 Å². The second-order valence-electron chi connectivity index (χ2n) is 4.37. The maximum absolute atomic E-state index is 13.0. The van der Waals surface area contributed by atoms with Crippen molar-refractivity contribution >= 4 is 5.69 Å². The molecule has 18 heavy (non-hydrogen) atoms. The highest BCUT2D eigenvalue weighted by atomic mass is 19.1. The van der Waals surface area contributed by atoms with Crippen LogP contribution in [0.15, 0.2) is 42.7 Å². The van der Waals surface area contributed by atoms with Gasteiger partial charge in [0.05, 0.1) is 0 Å². The van der Waals surface area contributed by atoms with Crippen molar-refractivity contribution in [3.63, 3.8) is 0 Å². The van der Waals surface area contributed by atoms with E-state index in [0.717, 1.165) is 11.1 Å². The van der Waals surface area contributed by atoms with E-state index in [2.05, 4.69) is 4.98 Å². The van der Waals surface area contributed by atoms with Gasteiger partial charge in [-0.15, -0.1) is 0 Å². The first-order valence-electron chi connectivity index (χ1n) is 5.83. The van der Waals surface area contributed by atoms with E-state index in [4.69, 9.17) is 11.5 Å². The first-order valence-corrected chi connectivity index (χ1v) is 5.83.